The topological polar surface area (TPSA) is 111 Å². The Morgan fingerprint density at radius 1 is 1.00 bits per heavy atom. The number of nitrogens with zero attached hydrogens (tertiary/aromatic N) is 1. The molecule has 0 aliphatic rings. The van der Waals surface area contributed by atoms with E-state index in [1.54, 1.807) is 31.2 Å². The largest absolute Gasteiger partial charge is 0.508 e. The first-order valence-corrected chi connectivity index (χ1v) is 7.66. The summed E-state index contributed by atoms with van der Waals surface area (Å²) in [6.07, 6.45) is 0.0107. The summed E-state index contributed by atoms with van der Waals surface area (Å²) in [4.78, 5) is 23.5. The second-order valence-electron chi connectivity index (χ2n) is 5.35. The molecule has 0 aliphatic heterocycles. The fourth-order valence-electron chi connectivity index (χ4n) is 2.06. The van der Waals surface area contributed by atoms with Crippen LogP contribution in [0.5, 0.6) is 11.5 Å². The van der Waals surface area contributed by atoms with Gasteiger partial charge in [0.25, 0.3) is 0 Å². The SMILES string of the molecule is C/C(=N\NC(=O)CCC(=O)Nc1ccccc1)c1ccc(O)cc1O. The van der Waals surface area contributed by atoms with Gasteiger partial charge in [-0.3, -0.25) is 9.59 Å². The lowest BCUT2D eigenvalue weighted by Gasteiger charge is -2.06. The third-order valence-corrected chi connectivity index (χ3v) is 3.36. The maximum Gasteiger partial charge on any atom is 0.240 e. The van der Waals surface area contributed by atoms with E-state index in [-0.39, 0.29) is 30.2 Å². The molecule has 130 valence electrons. The predicted octanol–water partition coefficient (Wildman–Crippen LogP) is 2.36. The van der Waals surface area contributed by atoms with Gasteiger partial charge in [-0.25, -0.2) is 5.43 Å². The van der Waals surface area contributed by atoms with Gasteiger partial charge >= 0.3 is 0 Å². The van der Waals surface area contributed by atoms with Crippen molar-refractivity contribution in [3.8, 4) is 11.5 Å². The van der Waals surface area contributed by atoms with Crippen LogP contribution in [0.1, 0.15) is 25.3 Å². The van der Waals surface area contributed by atoms with E-state index in [1.807, 2.05) is 6.07 Å². The Morgan fingerprint density at radius 2 is 1.68 bits per heavy atom. The number of carbonyl (C=O) groups excluding carboxylic acids is 2. The van der Waals surface area contributed by atoms with E-state index < -0.39 is 5.91 Å². The lowest BCUT2D eigenvalue weighted by molar-refractivity contribution is -0.124. The molecule has 0 heterocycles. The second-order valence-corrected chi connectivity index (χ2v) is 5.35. The monoisotopic (exact) mass is 341 g/mol. The molecular formula is C18H19N3O4. The van der Waals surface area contributed by atoms with Crippen LogP contribution in [-0.2, 0) is 9.59 Å². The van der Waals surface area contributed by atoms with Gasteiger partial charge in [-0.05, 0) is 31.2 Å². The summed E-state index contributed by atoms with van der Waals surface area (Å²) in [7, 11) is 0. The number of benzene rings is 2. The molecule has 2 aromatic rings. The number of hydrazone groups is 1. The first-order chi connectivity index (χ1) is 12.0. The zero-order valence-corrected chi connectivity index (χ0v) is 13.7. The number of anilines is 1. The van der Waals surface area contributed by atoms with Crippen molar-refractivity contribution in [3.63, 3.8) is 0 Å². The number of carbonyl (C=O) groups is 2. The van der Waals surface area contributed by atoms with Crippen LogP contribution in [0.2, 0.25) is 0 Å². The summed E-state index contributed by atoms with van der Waals surface area (Å²) in [5.41, 5.74) is 3.77. The zero-order chi connectivity index (χ0) is 18.2. The summed E-state index contributed by atoms with van der Waals surface area (Å²) in [5, 5.41) is 25.6. The lowest BCUT2D eigenvalue weighted by atomic mass is 10.1. The van der Waals surface area contributed by atoms with Crippen molar-refractivity contribution in [2.24, 2.45) is 5.10 Å². The number of phenols is 2. The minimum Gasteiger partial charge on any atom is -0.508 e. The second kappa shape index (κ2) is 8.49. The standard InChI is InChI=1S/C18H19N3O4/c1-12(15-8-7-14(22)11-16(15)23)20-21-18(25)10-9-17(24)19-13-5-3-2-4-6-13/h2-8,11,22-23H,9-10H2,1H3,(H,19,24)(H,21,25)/b20-12+. The minimum atomic E-state index is -0.416. The number of hydrogen-bond donors (Lipinski definition) is 4. The smallest absolute Gasteiger partial charge is 0.240 e. The highest BCUT2D eigenvalue weighted by atomic mass is 16.3. The van der Waals surface area contributed by atoms with Crippen LogP contribution in [0.15, 0.2) is 53.6 Å². The average molecular weight is 341 g/mol. The highest BCUT2D eigenvalue weighted by molar-refractivity contribution is 6.01. The summed E-state index contributed by atoms with van der Waals surface area (Å²) in [5.74, 6) is -0.890. The number of para-hydroxylation sites is 1. The molecule has 0 fully saturated rings. The Balaban J connectivity index is 1.82. The van der Waals surface area contributed by atoms with Crippen molar-refractivity contribution >= 4 is 23.2 Å². The molecule has 7 nitrogen and oxygen atoms in total. The van der Waals surface area contributed by atoms with Gasteiger partial charge in [0.2, 0.25) is 11.8 Å². The van der Waals surface area contributed by atoms with Crippen LogP contribution < -0.4 is 10.7 Å². The van der Waals surface area contributed by atoms with E-state index >= 15 is 0 Å². The molecule has 7 heteroatoms. The van der Waals surface area contributed by atoms with Crippen LogP contribution >= 0.6 is 0 Å². The van der Waals surface area contributed by atoms with Crippen molar-refractivity contribution in [1.82, 2.24) is 5.43 Å². The van der Waals surface area contributed by atoms with E-state index in [4.69, 9.17) is 0 Å². The Labute approximate surface area is 145 Å². The quantitative estimate of drug-likeness (QED) is 0.477. The van der Waals surface area contributed by atoms with Gasteiger partial charge in [0.05, 0.1) is 5.71 Å². The van der Waals surface area contributed by atoms with Crippen LogP contribution in [0.25, 0.3) is 0 Å². The van der Waals surface area contributed by atoms with Crippen LogP contribution in [-0.4, -0.2) is 27.7 Å². The Bertz CT molecular complexity index is 788. The normalized spacial score (nSPS) is 11.0. The summed E-state index contributed by atoms with van der Waals surface area (Å²) >= 11 is 0. The van der Waals surface area contributed by atoms with E-state index in [2.05, 4.69) is 15.8 Å². The number of aromatic hydroxyl groups is 2. The van der Waals surface area contributed by atoms with Crippen LogP contribution in [0, 0.1) is 0 Å². The molecular weight excluding hydrogens is 322 g/mol. The molecule has 0 unspecified atom stereocenters. The van der Waals surface area contributed by atoms with Crippen molar-refractivity contribution in [2.45, 2.75) is 19.8 Å². The third-order valence-electron chi connectivity index (χ3n) is 3.36. The van der Waals surface area contributed by atoms with Crippen molar-refractivity contribution in [2.75, 3.05) is 5.32 Å². The average Bonchev–Trinajstić information content (AvgIpc) is 2.58. The third kappa shape index (κ3) is 5.65. The number of amides is 2. The summed E-state index contributed by atoms with van der Waals surface area (Å²) < 4.78 is 0. The highest BCUT2D eigenvalue weighted by Crippen LogP contribution is 2.22. The van der Waals surface area contributed by atoms with Crippen molar-refractivity contribution in [1.29, 1.82) is 0 Å². The molecule has 2 amide bonds. The minimum absolute atomic E-state index is 0.0169. The van der Waals surface area contributed by atoms with Gasteiger partial charge in [0.1, 0.15) is 11.5 Å². The Hall–Kier alpha value is -3.35. The van der Waals surface area contributed by atoms with Gasteiger partial charge in [-0.15, -0.1) is 0 Å². The van der Waals surface area contributed by atoms with Gasteiger partial charge in [0, 0.05) is 30.2 Å². The maximum absolute atomic E-state index is 11.8. The number of nitrogens with one attached hydrogen (secondary N) is 2. The number of hydrogen-bond acceptors (Lipinski definition) is 5. The molecule has 0 aromatic heterocycles. The first kappa shape index (κ1) is 18.0. The van der Waals surface area contributed by atoms with Gasteiger partial charge in [0.15, 0.2) is 0 Å². The van der Waals surface area contributed by atoms with Gasteiger partial charge < -0.3 is 15.5 Å². The summed E-state index contributed by atoms with van der Waals surface area (Å²) in [6.45, 7) is 1.61. The molecule has 2 rings (SSSR count). The zero-order valence-electron chi connectivity index (χ0n) is 13.7. The van der Waals surface area contributed by atoms with Gasteiger partial charge in [-0.1, -0.05) is 18.2 Å². The van der Waals surface area contributed by atoms with Crippen molar-refractivity contribution < 1.29 is 19.8 Å². The molecule has 0 atom stereocenters. The van der Waals surface area contributed by atoms with Crippen LogP contribution in [0.3, 0.4) is 0 Å². The fourth-order valence-corrected chi connectivity index (χ4v) is 2.06. The van der Waals surface area contributed by atoms with Gasteiger partial charge in [-0.2, -0.15) is 5.10 Å². The van der Waals surface area contributed by atoms with Crippen molar-refractivity contribution in [3.05, 3.63) is 54.1 Å². The number of rotatable bonds is 6. The Morgan fingerprint density at radius 3 is 2.36 bits per heavy atom. The molecule has 0 radical (unpaired) electrons. The fraction of sp³-hybridized carbons (Fsp3) is 0.167. The van der Waals surface area contributed by atoms with E-state index in [0.29, 0.717) is 17.0 Å². The van der Waals surface area contributed by atoms with E-state index in [9.17, 15) is 19.8 Å². The highest BCUT2D eigenvalue weighted by Gasteiger charge is 2.09. The predicted molar refractivity (Wildman–Crippen MR) is 94.4 cm³/mol. The molecule has 0 aliphatic carbocycles. The molecule has 0 spiro atoms. The first-order valence-electron chi connectivity index (χ1n) is 7.66. The molecule has 0 saturated heterocycles. The summed E-state index contributed by atoms with van der Waals surface area (Å²) in [6, 6.07) is 13.1. The lowest BCUT2D eigenvalue weighted by Crippen LogP contribution is -2.21. The molecule has 25 heavy (non-hydrogen) atoms. The molecule has 4 N–H and O–H groups in total. The maximum atomic E-state index is 11.8. The molecule has 0 bridgehead atoms. The van der Waals surface area contributed by atoms with E-state index in [0.717, 1.165) is 0 Å². The Kier molecular flexibility index (Phi) is 6.11. The van der Waals surface area contributed by atoms with Crippen LogP contribution in [0.4, 0.5) is 5.69 Å². The number of phenolic OH excluding ortho intramolecular Hbond substituents is 2. The molecule has 2 aromatic carbocycles. The van der Waals surface area contributed by atoms with E-state index in [1.165, 1.54) is 18.2 Å². The molecule has 0 saturated carbocycles.